The number of aromatic nitrogens is 5. The summed E-state index contributed by atoms with van der Waals surface area (Å²) >= 11 is 5.99. The Morgan fingerprint density at radius 2 is 2.17 bits per heavy atom. The Kier molecular flexibility index (Phi) is 2.56. The van der Waals surface area contributed by atoms with Gasteiger partial charge in [0.05, 0.1) is 0 Å². The Balaban J connectivity index is 2.03. The zero-order chi connectivity index (χ0) is 12.5. The van der Waals surface area contributed by atoms with Crippen LogP contribution in [0.2, 0.25) is 5.02 Å². The topological polar surface area (TPSA) is 80.5 Å². The Morgan fingerprint density at radius 1 is 1.28 bits per heavy atom. The average Bonchev–Trinajstić information content (AvgIpc) is 2.99. The van der Waals surface area contributed by atoms with Gasteiger partial charge in [-0.15, -0.1) is 0 Å². The molecule has 0 aliphatic carbocycles. The van der Waals surface area contributed by atoms with Gasteiger partial charge in [0.15, 0.2) is 5.82 Å². The van der Waals surface area contributed by atoms with Gasteiger partial charge in [-0.2, -0.15) is 10.1 Å². The van der Waals surface area contributed by atoms with Gasteiger partial charge in [0, 0.05) is 10.6 Å². The second kappa shape index (κ2) is 4.23. The van der Waals surface area contributed by atoms with E-state index >= 15 is 0 Å². The van der Waals surface area contributed by atoms with Crippen molar-refractivity contribution in [3.63, 3.8) is 0 Å². The first-order chi connectivity index (χ1) is 8.72. The Labute approximate surface area is 107 Å². The van der Waals surface area contributed by atoms with Crippen molar-refractivity contribution in [2.24, 2.45) is 0 Å². The second-order valence-corrected chi connectivity index (χ2v) is 4.21. The maximum Gasteiger partial charge on any atom is 0.258 e. The van der Waals surface area contributed by atoms with Crippen LogP contribution in [0.1, 0.15) is 5.56 Å². The van der Waals surface area contributed by atoms with Crippen LogP contribution < -0.4 is 0 Å². The molecule has 7 heteroatoms. The predicted molar refractivity (Wildman–Crippen MR) is 64.9 cm³/mol. The zero-order valence-corrected chi connectivity index (χ0v) is 10.1. The molecule has 0 aliphatic heterocycles. The Morgan fingerprint density at radius 3 is 2.89 bits per heavy atom. The molecule has 0 unspecified atom stereocenters. The molecule has 3 aromatic rings. The molecule has 0 spiro atoms. The first-order valence-corrected chi connectivity index (χ1v) is 5.57. The lowest BCUT2D eigenvalue weighted by atomic mass is 10.1. The summed E-state index contributed by atoms with van der Waals surface area (Å²) in [6.45, 7) is 1.95. The highest BCUT2D eigenvalue weighted by Crippen LogP contribution is 2.24. The monoisotopic (exact) mass is 261 g/mol. The molecule has 0 fully saturated rings. The summed E-state index contributed by atoms with van der Waals surface area (Å²) in [6.07, 6.45) is 1.38. The highest BCUT2D eigenvalue weighted by molar-refractivity contribution is 6.30. The maximum absolute atomic E-state index is 5.99. The first kappa shape index (κ1) is 10.9. The molecule has 1 N–H and O–H groups in total. The molecule has 0 radical (unpaired) electrons. The van der Waals surface area contributed by atoms with Crippen LogP contribution in [0.5, 0.6) is 0 Å². The highest BCUT2D eigenvalue weighted by Gasteiger charge is 2.13. The molecule has 0 saturated heterocycles. The summed E-state index contributed by atoms with van der Waals surface area (Å²) < 4.78 is 5.18. The minimum absolute atomic E-state index is 0.361. The summed E-state index contributed by atoms with van der Waals surface area (Å²) in [5.74, 6) is 1.22. The summed E-state index contributed by atoms with van der Waals surface area (Å²) in [5, 5.41) is 10.9. The van der Waals surface area contributed by atoms with Crippen LogP contribution in [-0.4, -0.2) is 25.3 Å². The highest BCUT2D eigenvalue weighted by atomic mass is 35.5. The van der Waals surface area contributed by atoms with Gasteiger partial charge in [-0.1, -0.05) is 16.8 Å². The summed E-state index contributed by atoms with van der Waals surface area (Å²) in [7, 11) is 0. The van der Waals surface area contributed by atoms with E-state index < -0.39 is 0 Å². The predicted octanol–water partition coefficient (Wildman–Crippen LogP) is 2.48. The average molecular weight is 262 g/mol. The summed E-state index contributed by atoms with van der Waals surface area (Å²) in [5.41, 5.74) is 1.80. The van der Waals surface area contributed by atoms with Gasteiger partial charge in [-0.3, -0.25) is 5.10 Å². The molecule has 2 aromatic heterocycles. The van der Waals surface area contributed by atoms with Gasteiger partial charge in [-0.05, 0) is 30.7 Å². The molecule has 0 saturated carbocycles. The van der Waals surface area contributed by atoms with Gasteiger partial charge in [-0.25, -0.2) is 4.98 Å². The second-order valence-electron chi connectivity index (χ2n) is 3.77. The molecule has 0 atom stereocenters. The van der Waals surface area contributed by atoms with Crippen molar-refractivity contribution in [2.75, 3.05) is 0 Å². The van der Waals surface area contributed by atoms with E-state index in [0.29, 0.717) is 22.6 Å². The normalized spacial score (nSPS) is 10.8. The number of hydrogen-bond donors (Lipinski definition) is 1. The van der Waals surface area contributed by atoms with Gasteiger partial charge >= 0.3 is 0 Å². The lowest BCUT2D eigenvalue weighted by Crippen LogP contribution is -1.84. The van der Waals surface area contributed by atoms with E-state index in [1.54, 1.807) is 6.07 Å². The SMILES string of the molecule is Cc1cc(Cl)cc(-c2nc(-c3ncn[nH]3)no2)c1. The number of nitrogens with one attached hydrogen (secondary N) is 1. The minimum Gasteiger partial charge on any atom is -0.333 e. The number of rotatable bonds is 2. The number of aryl methyl sites for hydroxylation is 1. The van der Waals surface area contributed by atoms with Crippen LogP contribution >= 0.6 is 11.6 Å². The van der Waals surface area contributed by atoms with Gasteiger partial charge < -0.3 is 4.52 Å². The number of halogens is 1. The third kappa shape index (κ3) is 1.98. The maximum atomic E-state index is 5.99. The van der Waals surface area contributed by atoms with E-state index in [2.05, 4.69) is 25.3 Å². The summed E-state index contributed by atoms with van der Waals surface area (Å²) in [4.78, 5) is 8.19. The van der Waals surface area contributed by atoms with Crippen molar-refractivity contribution < 1.29 is 4.52 Å². The standard InChI is InChI=1S/C11H8ClN5O/c1-6-2-7(4-8(12)3-6)11-15-10(17-18-11)9-13-5-14-16-9/h2-5H,1H3,(H,13,14,16). The Hall–Kier alpha value is -2.21. The van der Waals surface area contributed by atoms with E-state index in [9.17, 15) is 0 Å². The number of nitrogens with zero attached hydrogens (tertiary/aromatic N) is 4. The molecule has 2 heterocycles. The lowest BCUT2D eigenvalue weighted by molar-refractivity contribution is 0.432. The van der Waals surface area contributed by atoms with E-state index in [1.807, 2.05) is 19.1 Å². The van der Waals surface area contributed by atoms with Crippen LogP contribution in [0.15, 0.2) is 29.0 Å². The number of H-pyrrole nitrogens is 1. The van der Waals surface area contributed by atoms with Gasteiger partial charge in [0.1, 0.15) is 6.33 Å². The molecule has 3 rings (SSSR count). The molecular formula is C11H8ClN5O. The number of hydrogen-bond acceptors (Lipinski definition) is 5. The van der Waals surface area contributed by atoms with E-state index in [0.717, 1.165) is 11.1 Å². The molecule has 1 aromatic carbocycles. The molecule has 0 amide bonds. The van der Waals surface area contributed by atoms with Crippen molar-refractivity contribution in [3.05, 3.63) is 35.1 Å². The van der Waals surface area contributed by atoms with Crippen LogP contribution in [0.4, 0.5) is 0 Å². The van der Waals surface area contributed by atoms with Crippen molar-refractivity contribution in [2.45, 2.75) is 6.92 Å². The van der Waals surface area contributed by atoms with Crippen molar-refractivity contribution >= 4 is 11.6 Å². The molecular weight excluding hydrogens is 254 g/mol. The largest absolute Gasteiger partial charge is 0.333 e. The molecule has 0 aliphatic rings. The molecule has 6 nitrogen and oxygen atoms in total. The molecule has 0 bridgehead atoms. The van der Waals surface area contributed by atoms with E-state index in [-0.39, 0.29) is 0 Å². The van der Waals surface area contributed by atoms with Crippen LogP contribution in [0, 0.1) is 6.92 Å². The smallest absolute Gasteiger partial charge is 0.258 e. The fourth-order valence-electron chi connectivity index (χ4n) is 1.61. The Bertz CT molecular complexity index is 656. The number of benzene rings is 1. The van der Waals surface area contributed by atoms with Crippen LogP contribution in [0.3, 0.4) is 0 Å². The van der Waals surface area contributed by atoms with Crippen LogP contribution in [0.25, 0.3) is 23.1 Å². The molecule has 18 heavy (non-hydrogen) atoms. The lowest BCUT2D eigenvalue weighted by Gasteiger charge is -1.98. The number of aromatic amines is 1. The quantitative estimate of drug-likeness (QED) is 0.766. The van der Waals surface area contributed by atoms with Gasteiger partial charge in [0.25, 0.3) is 5.89 Å². The summed E-state index contributed by atoms with van der Waals surface area (Å²) in [6, 6.07) is 5.55. The van der Waals surface area contributed by atoms with E-state index in [4.69, 9.17) is 16.1 Å². The van der Waals surface area contributed by atoms with Crippen molar-refractivity contribution in [1.29, 1.82) is 0 Å². The van der Waals surface area contributed by atoms with Crippen molar-refractivity contribution in [3.8, 4) is 23.1 Å². The van der Waals surface area contributed by atoms with Gasteiger partial charge in [0.2, 0.25) is 5.82 Å². The third-order valence-corrected chi connectivity index (χ3v) is 2.56. The van der Waals surface area contributed by atoms with Crippen LogP contribution in [-0.2, 0) is 0 Å². The minimum atomic E-state index is 0.361. The molecule has 90 valence electrons. The first-order valence-electron chi connectivity index (χ1n) is 5.19. The third-order valence-electron chi connectivity index (χ3n) is 2.34. The van der Waals surface area contributed by atoms with E-state index in [1.165, 1.54) is 6.33 Å². The zero-order valence-electron chi connectivity index (χ0n) is 9.38. The fourth-order valence-corrected chi connectivity index (χ4v) is 1.90. The fraction of sp³-hybridized carbons (Fsp3) is 0.0909. The van der Waals surface area contributed by atoms with Crippen molar-refractivity contribution in [1.82, 2.24) is 25.3 Å².